The fraction of sp³-hybridized carbons (Fsp3) is 0.462. The summed E-state index contributed by atoms with van der Waals surface area (Å²) in [4.78, 5) is 14.2. The lowest BCUT2D eigenvalue weighted by Crippen LogP contribution is -2.36. The summed E-state index contributed by atoms with van der Waals surface area (Å²) >= 11 is 0. The largest absolute Gasteiger partial charge is 0.396 e. The van der Waals surface area contributed by atoms with Gasteiger partial charge in [-0.25, -0.2) is 0 Å². The molecule has 2 aromatic rings. The fourth-order valence-corrected chi connectivity index (χ4v) is 2.33. The zero-order valence-corrected chi connectivity index (χ0v) is 11.0. The molecule has 7 nitrogen and oxygen atoms in total. The second kappa shape index (κ2) is 5.56. The first-order chi connectivity index (χ1) is 9.78. The van der Waals surface area contributed by atoms with E-state index in [1.807, 2.05) is 0 Å². The lowest BCUT2D eigenvalue weighted by Gasteiger charge is -2.22. The van der Waals surface area contributed by atoms with Crippen molar-refractivity contribution in [3.8, 4) is 0 Å². The van der Waals surface area contributed by atoms with Gasteiger partial charge in [-0.2, -0.15) is 15.4 Å². The molecule has 3 rings (SSSR count). The van der Waals surface area contributed by atoms with Crippen LogP contribution in [0.3, 0.4) is 0 Å². The minimum atomic E-state index is -0.0705. The van der Waals surface area contributed by atoms with Crippen LogP contribution in [0.4, 0.5) is 0 Å². The number of hydrogen-bond donors (Lipinski definition) is 2. The van der Waals surface area contributed by atoms with Crippen molar-refractivity contribution in [1.82, 2.24) is 20.3 Å². The molecule has 7 heteroatoms. The number of amides is 1. The van der Waals surface area contributed by atoms with E-state index in [1.54, 1.807) is 23.1 Å². The Bertz CT molecular complexity index is 612. The van der Waals surface area contributed by atoms with Gasteiger partial charge in [-0.3, -0.25) is 4.79 Å². The summed E-state index contributed by atoms with van der Waals surface area (Å²) < 4.78 is 5.39. The Morgan fingerprint density at radius 1 is 1.45 bits per heavy atom. The zero-order chi connectivity index (χ0) is 13.9. The summed E-state index contributed by atoms with van der Waals surface area (Å²) in [5.41, 5.74) is 1.97. The molecule has 0 radical (unpaired) electrons. The molecule has 0 bridgehead atoms. The van der Waals surface area contributed by atoms with Crippen molar-refractivity contribution in [3.05, 3.63) is 23.8 Å². The van der Waals surface area contributed by atoms with Crippen LogP contribution in [0.5, 0.6) is 0 Å². The van der Waals surface area contributed by atoms with Gasteiger partial charge < -0.3 is 14.7 Å². The van der Waals surface area contributed by atoms with E-state index in [2.05, 4.69) is 15.4 Å². The molecular weight excluding hydrogens is 260 g/mol. The summed E-state index contributed by atoms with van der Waals surface area (Å²) in [7, 11) is 0. The number of benzene rings is 1. The van der Waals surface area contributed by atoms with Gasteiger partial charge in [0, 0.05) is 31.2 Å². The van der Waals surface area contributed by atoms with Gasteiger partial charge in [0.1, 0.15) is 11.0 Å². The van der Waals surface area contributed by atoms with Crippen LogP contribution in [0.2, 0.25) is 0 Å². The van der Waals surface area contributed by atoms with E-state index in [9.17, 15) is 9.90 Å². The maximum Gasteiger partial charge on any atom is 0.254 e. The number of nitrogens with one attached hydrogen (secondary N) is 1. The number of rotatable bonds is 2. The third-order valence-corrected chi connectivity index (χ3v) is 3.45. The molecule has 1 saturated heterocycles. The first-order valence-corrected chi connectivity index (χ1v) is 6.56. The number of carbonyl (C=O) groups is 1. The number of nitrogens with zero attached hydrogens (tertiary/aromatic N) is 3. The van der Waals surface area contributed by atoms with Crippen LogP contribution >= 0.6 is 0 Å². The summed E-state index contributed by atoms with van der Waals surface area (Å²) in [6, 6.07) is 5.23. The van der Waals surface area contributed by atoms with E-state index in [4.69, 9.17) is 4.74 Å². The monoisotopic (exact) mass is 276 g/mol. The number of H-pyrrole nitrogens is 1. The summed E-state index contributed by atoms with van der Waals surface area (Å²) in [6.45, 7) is 2.04. The molecule has 0 aliphatic carbocycles. The highest BCUT2D eigenvalue weighted by Gasteiger charge is 2.23. The molecule has 20 heavy (non-hydrogen) atoms. The number of aliphatic hydroxyl groups is 1. The van der Waals surface area contributed by atoms with Crippen LogP contribution in [0.1, 0.15) is 10.4 Å². The van der Waals surface area contributed by atoms with E-state index < -0.39 is 0 Å². The Hall–Kier alpha value is -1.99. The quantitative estimate of drug-likeness (QED) is 0.808. The first kappa shape index (κ1) is 13.0. The molecule has 0 spiro atoms. The highest BCUT2D eigenvalue weighted by molar-refractivity contribution is 5.97. The second-order valence-corrected chi connectivity index (χ2v) is 4.90. The topological polar surface area (TPSA) is 91.3 Å². The molecule has 0 saturated carbocycles. The Labute approximate surface area is 115 Å². The van der Waals surface area contributed by atoms with Crippen molar-refractivity contribution in [1.29, 1.82) is 0 Å². The Kier molecular flexibility index (Phi) is 3.62. The molecule has 1 aliphatic heterocycles. The van der Waals surface area contributed by atoms with Gasteiger partial charge >= 0.3 is 0 Å². The molecule has 2 heterocycles. The van der Waals surface area contributed by atoms with Crippen LogP contribution in [0, 0.1) is 5.92 Å². The lowest BCUT2D eigenvalue weighted by atomic mass is 10.1. The van der Waals surface area contributed by atoms with Gasteiger partial charge in [-0.05, 0) is 18.2 Å². The van der Waals surface area contributed by atoms with Crippen molar-refractivity contribution < 1.29 is 14.6 Å². The molecule has 1 amide bonds. The average Bonchev–Trinajstić information content (AvgIpc) is 2.81. The van der Waals surface area contributed by atoms with Gasteiger partial charge in [-0.15, -0.1) is 0 Å². The number of hydrogen-bond acceptors (Lipinski definition) is 5. The van der Waals surface area contributed by atoms with Crippen LogP contribution in [0.25, 0.3) is 11.0 Å². The van der Waals surface area contributed by atoms with Gasteiger partial charge in [-0.1, -0.05) is 0 Å². The highest BCUT2D eigenvalue weighted by atomic mass is 16.5. The molecular formula is C13H16N4O3. The number of fused-ring (bicyclic) bond motifs is 1. The first-order valence-electron chi connectivity index (χ1n) is 6.56. The number of aromatic nitrogens is 3. The molecule has 2 N–H and O–H groups in total. The van der Waals surface area contributed by atoms with Crippen LogP contribution < -0.4 is 0 Å². The molecule has 106 valence electrons. The summed E-state index contributed by atoms with van der Waals surface area (Å²) in [5.74, 6) is -0.101. The minimum Gasteiger partial charge on any atom is -0.396 e. The normalized spacial score (nSPS) is 20.1. The molecule has 1 atom stereocenters. The minimum absolute atomic E-state index is 0.0199. The Morgan fingerprint density at radius 3 is 3.15 bits per heavy atom. The average molecular weight is 276 g/mol. The number of ether oxygens (including phenoxy) is 1. The maximum atomic E-state index is 12.5. The summed E-state index contributed by atoms with van der Waals surface area (Å²) in [6.07, 6.45) is 0. The molecule has 1 aromatic carbocycles. The predicted molar refractivity (Wildman–Crippen MR) is 71.2 cm³/mol. The van der Waals surface area contributed by atoms with E-state index in [-0.39, 0.29) is 18.4 Å². The number of aliphatic hydroxyl groups excluding tert-OH is 1. The van der Waals surface area contributed by atoms with Crippen LogP contribution in [-0.4, -0.2) is 64.2 Å². The predicted octanol–water partition coefficient (Wildman–Crippen LogP) is 0.0388. The van der Waals surface area contributed by atoms with Gasteiger partial charge in [0.25, 0.3) is 5.91 Å². The van der Waals surface area contributed by atoms with E-state index in [1.165, 1.54) is 0 Å². The number of aromatic amines is 1. The van der Waals surface area contributed by atoms with E-state index in [0.717, 1.165) is 5.52 Å². The maximum absolute atomic E-state index is 12.5. The SMILES string of the molecule is O=C(c1ccc2n[nH]nc2c1)N1CCOCC(CO)C1. The molecule has 1 fully saturated rings. The third kappa shape index (κ3) is 2.50. The Morgan fingerprint density at radius 2 is 2.30 bits per heavy atom. The van der Waals surface area contributed by atoms with Gasteiger partial charge in [0.05, 0.1) is 13.2 Å². The van der Waals surface area contributed by atoms with Gasteiger partial charge in [0.2, 0.25) is 0 Å². The van der Waals surface area contributed by atoms with Crippen molar-refractivity contribution in [2.45, 2.75) is 0 Å². The van der Waals surface area contributed by atoms with Crippen molar-refractivity contribution in [2.24, 2.45) is 5.92 Å². The van der Waals surface area contributed by atoms with Crippen molar-refractivity contribution in [3.63, 3.8) is 0 Å². The van der Waals surface area contributed by atoms with E-state index in [0.29, 0.717) is 37.4 Å². The van der Waals surface area contributed by atoms with Crippen LogP contribution in [-0.2, 0) is 4.74 Å². The number of carbonyl (C=O) groups excluding carboxylic acids is 1. The second-order valence-electron chi connectivity index (χ2n) is 4.90. The molecule has 1 aliphatic rings. The van der Waals surface area contributed by atoms with Crippen molar-refractivity contribution >= 4 is 16.9 Å². The summed E-state index contributed by atoms with van der Waals surface area (Å²) in [5, 5.41) is 19.7. The zero-order valence-electron chi connectivity index (χ0n) is 11.0. The standard InChI is InChI=1S/C13H16N4O3/c18-7-9-6-17(3-4-20-8-9)13(19)10-1-2-11-12(5-10)15-16-14-11/h1-2,5,9,18H,3-4,6-8H2,(H,14,15,16). The van der Waals surface area contributed by atoms with Crippen molar-refractivity contribution in [2.75, 3.05) is 32.9 Å². The lowest BCUT2D eigenvalue weighted by molar-refractivity contribution is 0.0728. The highest BCUT2D eigenvalue weighted by Crippen LogP contribution is 2.15. The van der Waals surface area contributed by atoms with Gasteiger partial charge in [0.15, 0.2) is 0 Å². The molecule has 1 aromatic heterocycles. The third-order valence-electron chi connectivity index (χ3n) is 3.45. The Balaban J connectivity index is 1.82. The fourth-order valence-electron chi connectivity index (χ4n) is 2.33. The molecule has 1 unspecified atom stereocenters. The van der Waals surface area contributed by atoms with Crippen LogP contribution in [0.15, 0.2) is 18.2 Å². The smallest absolute Gasteiger partial charge is 0.254 e. The van der Waals surface area contributed by atoms with E-state index >= 15 is 0 Å².